The zero-order valence-corrected chi connectivity index (χ0v) is 11.0. The first-order valence-corrected chi connectivity index (χ1v) is 6.38. The predicted octanol–water partition coefficient (Wildman–Crippen LogP) is 2.38. The monoisotopic (exact) mass is 266 g/mol. The van der Waals surface area contributed by atoms with Gasteiger partial charge in [-0.1, -0.05) is 42.5 Å². The fourth-order valence-electron chi connectivity index (χ4n) is 1.91. The second-order valence-electron chi connectivity index (χ2n) is 4.54. The van der Waals surface area contributed by atoms with Crippen molar-refractivity contribution in [3.05, 3.63) is 60.2 Å². The van der Waals surface area contributed by atoms with Crippen LogP contribution in [0, 0.1) is 0 Å². The summed E-state index contributed by atoms with van der Waals surface area (Å²) in [5.41, 5.74) is 2.60. The molecule has 0 aliphatic rings. The van der Waals surface area contributed by atoms with Crippen molar-refractivity contribution in [3.63, 3.8) is 0 Å². The van der Waals surface area contributed by atoms with Gasteiger partial charge in [0.25, 0.3) is 0 Å². The number of aromatic nitrogens is 4. The molecule has 0 amide bonds. The molecule has 0 fully saturated rings. The highest BCUT2D eigenvalue weighted by Gasteiger charge is 2.07. The van der Waals surface area contributed by atoms with Crippen LogP contribution in [0.4, 0.5) is 0 Å². The highest BCUT2D eigenvalue weighted by molar-refractivity contribution is 5.53. The summed E-state index contributed by atoms with van der Waals surface area (Å²) in [6.07, 6.45) is -0.479. The van der Waals surface area contributed by atoms with E-state index in [0.717, 1.165) is 16.8 Å². The third kappa shape index (κ3) is 2.44. The van der Waals surface area contributed by atoms with Crippen molar-refractivity contribution in [1.29, 1.82) is 0 Å². The zero-order chi connectivity index (χ0) is 13.9. The lowest BCUT2D eigenvalue weighted by Crippen LogP contribution is -2.00. The van der Waals surface area contributed by atoms with E-state index < -0.39 is 6.10 Å². The molecule has 1 N–H and O–H groups in total. The lowest BCUT2D eigenvalue weighted by molar-refractivity contribution is 0.199. The Labute approximate surface area is 116 Å². The molecule has 5 heteroatoms. The van der Waals surface area contributed by atoms with Crippen LogP contribution in [0.3, 0.4) is 0 Å². The molecular formula is C15H14N4O. The lowest BCUT2D eigenvalue weighted by atomic mass is 10.1. The number of aliphatic hydroxyl groups excluding tert-OH is 1. The van der Waals surface area contributed by atoms with Crippen molar-refractivity contribution >= 4 is 0 Å². The van der Waals surface area contributed by atoms with Gasteiger partial charge in [0.05, 0.1) is 11.8 Å². The minimum absolute atomic E-state index is 0.479. The van der Waals surface area contributed by atoms with Gasteiger partial charge in [-0.3, -0.25) is 0 Å². The predicted molar refractivity (Wildman–Crippen MR) is 75.2 cm³/mol. The van der Waals surface area contributed by atoms with E-state index in [4.69, 9.17) is 0 Å². The van der Waals surface area contributed by atoms with Crippen LogP contribution in [0.1, 0.15) is 18.6 Å². The van der Waals surface area contributed by atoms with Crippen molar-refractivity contribution < 1.29 is 5.11 Å². The van der Waals surface area contributed by atoms with Crippen LogP contribution in [0.25, 0.3) is 17.1 Å². The average molecular weight is 266 g/mol. The first kappa shape index (κ1) is 12.5. The van der Waals surface area contributed by atoms with Gasteiger partial charge in [-0.25, -0.2) is 0 Å². The maximum Gasteiger partial charge on any atom is 0.205 e. The van der Waals surface area contributed by atoms with Crippen LogP contribution >= 0.6 is 0 Å². The smallest absolute Gasteiger partial charge is 0.205 e. The molecule has 2 aromatic carbocycles. The van der Waals surface area contributed by atoms with E-state index in [0.29, 0.717) is 5.82 Å². The van der Waals surface area contributed by atoms with E-state index in [-0.39, 0.29) is 0 Å². The summed E-state index contributed by atoms with van der Waals surface area (Å²) >= 11 is 0. The van der Waals surface area contributed by atoms with E-state index in [1.807, 2.05) is 54.6 Å². The summed E-state index contributed by atoms with van der Waals surface area (Å²) in [7, 11) is 0. The van der Waals surface area contributed by atoms with E-state index in [1.165, 1.54) is 4.80 Å². The Bertz CT molecular complexity index is 689. The van der Waals surface area contributed by atoms with E-state index in [1.54, 1.807) is 6.92 Å². The minimum Gasteiger partial charge on any atom is -0.389 e. The maximum absolute atomic E-state index is 9.49. The number of hydrogen-bond acceptors (Lipinski definition) is 4. The molecule has 0 unspecified atom stereocenters. The summed E-state index contributed by atoms with van der Waals surface area (Å²) < 4.78 is 0. The van der Waals surface area contributed by atoms with Gasteiger partial charge in [-0.15, -0.1) is 15.0 Å². The van der Waals surface area contributed by atoms with Crippen LogP contribution in [0.5, 0.6) is 0 Å². The van der Waals surface area contributed by atoms with Crippen LogP contribution in [-0.2, 0) is 0 Å². The molecular weight excluding hydrogens is 252 g/mol. The molecule has 3 aromatic rings. The minimum atomic E-state index is -0.479. The van der Waals surface area contributed by atoms with Crippen molar-refractivity contribution in [1.82, 2.24) is 20.2 Å². The molecule has 0 radical (unpaired) electrons. The van der Waals surface area contributed by atoms with Gasteiger partial charge < -0.3 is 5.11 Å². The quantitative estimate of drug-likeness (QED) is 0.790. The number of aliphatic hydroxyl groups is 1. The summed E-state index contributed by atoms with van der Waals surface area (Å²) in [6.45, 7) is 1.73. The Balaban J connectivity index is 1.90. The van der Waals surface area contributed by atoms with Gasteiger partial charge in [0.15, 0.2) is 0 Å². The Morgan fingerprint density at radius 1 is 1.00 bits per heavy atom. The molecule has 0 bridgehead atoms. The number of benzene rings is 2. The summed E-state index contributed by atoms with van der Waals surface area (Å²) in [4.78, 5) is 1.48. The third-order valence-corrected chi connectivity index (χ3v) is 3.05. The van der Waals surface area contributed by atoms with E-state index in [9.17, 15) is 5.11 Å². The van der Waals surface area contributed by atoms with Crippen LogP contribution in [0.15, 0.2) is 54.6 Å². The second kappa shape index (κ2) is 5.22. The largest absolute Gasteiger partial charge is 0.389 e. The Kier molecular flexibility index (Phi) is 3.26. The average Bonchev–Trinajstić information content (AvgIpc) is 2.98. The normalized spacial score (nSPS) is 12.3. The van der Waals surface area contributed by atoms with Gasteiger partial charge in [-0.2, -0.15) is 0 Å². The third-order valence-electron chi connectivity index (χ3n) is 3.05. The molecule has 0 aliphatic heterocycles. The number of tetrazole rings is 1. The highest BCUT2D eigenvalue weighted by Crippen LogP contribution is 2.16. The standard InChI is InChI=1S/C15H14N4O/c1-11(20)12-7-9-14(10-8-12)19-17-15(16-18-19)13-5-3-2-4-6-13/h2-11,20H,1H3/t11-/m0/s1. The van der Waals surface area contributed by atoms with Gasteiger partial charge in [0, 0.05) is 5.56 Å². The molecule has 3 rings (SSSR count). The fraction of sp³-hybridized carbons (Fsp3) is 0.133. The Morgan fingerprint density at radius 3 is 2.35 bits per heavy atom. The Hall–Kier alpha value is -2.53. The molecule has 1 aromatic heterocycles. The lowest BCUT2D eigenvalue weighted by Gasteiger charge is -2.04. The summed E-state index contributed by atoms with van der Waals surface area (Å²) in [5, 5.41) is 21.9. The second-order valence-corrected chi connectivity index (χ2v) is 4.54. The molecule has 5 nitrogen and oxygen atoms in total. The molecule has 0 spiro atoms. The van der Waals surface area contributed by atoms with Gasteiger partial charge in [0.2, 0.25) is 5.82 Å². The molecule has 0 saturated heterocycles. The molecule has 20 heavy (non-hydrogen) atoms. The van der Waals surface area contributed by atoms with E-state index >= 15 is 0 Å². The number of nitrogens with zero attached hydrogens (tertiary/aromatic N) is 4. The van der Waals surface area contributed by atoms with E-state index in [2.05, 4.69) is 15.4 Å². The van der Waals surface area contributed by atoms with Crippen molar-refractivity contribution in [3.8, 4) is 17.1 Å². The summed E-state index contributed by atoms with van der Waals surface area (Å²) in [6, 6.07) is 17.1. The van der Waals surface area contributed by atoms with Crippen molar-refractivity contribution in [2.75, 3.05) is 0 Å². The highest BCUT2D eigenvalue weighted by atomic mass is 16.3. The first-order valence-electron chi connectivity index (χ1n) is 6.38. The molecule has 0 aliphatic carbocycles. The maximum atomic E-state index is 9.49. The zero-order valence-electron chi connectivity index (χ0n) is 11.0. The number of hydrogen-bond donors (Lipinski definition) is 1. The fourth-order valence-corrected chi connectivity index (χ4v) is 1.91. The van der Waals surface area contributed by atoms with Crippen LogP contribution < -0.4 is 0 Å². The SMILES string of the molecule is C[C@H](O)c1ccc(-n2nnc(-c3ccccc3)n2)cc1. The molecule has 1 heterocycles. The van der Waals surface area contributed by atoms with Crippen molar-refractivity contribution in [2.24, 2.45) is 0 Å². The molecule has 0 saturated carbocycles. The summed E-state index contributed by atoms with van der Waals surface area (Å²) in [5.74, 6) is 0.588. The van der Waals surface area contributed by atoms with Crippen LogP contribution in [-0.4, -0.2) is 25.3 Å². The van der Waals surface area contributed by atoms with Crippen molar-refractivity contribution in [2.45, 2.75) is 13.0 Å². The van der Waals surface area contributed by atoms with Gasteiger partial charge in [-0.05, 0) is 29.8 Å². The molecule has 1 atom stereocenters. The molecule has 100 valence electrons. The number of rotatable bonds is 3. The Morgan fingerprint density at radius 2 is 1.70 bits per heavy atom. The van der Waals surface area contributed by atoms with Gasteiger partial charge >= 0.3 is 0 Å². The van der Waals surface area contributed by atoms with Crippen LogP contribution in [0.2, 0.25) is 0 Å². The first-order chi connectivity index (χ1) is 9.74. The topological polar surface area (TPSA) is 63.8 Å². The van der Waals surface area contributed by atoms with Gasteiger partial charge in [0.1, 0.15) is 0 Å².